The van der Waals surface area contributed by atoms with E-state index in [-0.39, 0.29) is 11.1 Å². The molecule has 0 saturated carbocycles. The molecule has 0 heterocycles. The molecule has 0 bridgehead atoms. The second kappa shape index (κ2) is 11.9. The number of halogens is 7. The predicted molar refractivity (Wildman–Crippen MR) is 134 cm³/mol. The van der Waals surface area contributed by atoms with E-state index in [0.29, 0.717) is 22.9 Å². The van der Waals surface area contributed by atoms with Crippen LogP contribution in [-0.4, -0.2) is 6.61 Å². The van der Waals surface area contributed by atoms with E-state index in [0.717, 1.165) is 43.4 Å². The highest BCUT2D eigenvalue weighted by molar-refractivity contribution is 5.89. The zero-order valence-corrected chi connectivity index (χ0v) is 20.6. The number of alkyl halides is 2. The second-order valence-electron chi connectivity index (χ2n) is 9.11. The summed E-state index contributed by atoms with van der Waals surface area (Å²) in [7, 11) is 0. The molecule has 0 atom stereocenters. The smallest absolute Gasteiger partial charge is 0.387 e. The Morgan fingerprint density at radius 3 is 1.95 bits per heavy atom. The van der Waals surface area contributed by atoms with Crippen LogP contribution in [0.25, 0.3) is 33.0 Å². The second-order valence-corrected chi connectivity index (χ2v) is 9.11. The van der Waals surface area contributed by atoms with Crippen molar-refractivity contribution in [2.45, 2.75) is 52.1 Å². The van der Waals surface area contributed by atoms with Crippen molar-refractivity contribution < 1.29 is 35.5 Å². The van der Waals surface area contributed by atoms with E-state index in [2.05, 4.69) is 11.7 Å². The van der Waals surface area contributed by atoms with Gasteiger partial charge in [0.05, 0.1) is 5.56 Å². The Labute approximate surface area is 215 Å². The molecule has 4 aromatic carbocycles. The summed E-state index contributed by atoms with van der Waals surface area (Å²) < 4.78 is 102. The third-order valence-electron chi connectivity index (χ3n) is 6.43. The van der Waals surface area contributed by atoms with Crippen LogP contribution in [0.2, 0.25) is 0 Å². The number of unbranched alkanes of at least 4 members (excludes halogenated alkanes) is 4. The lowest BCUT2D eigenvalue weighted by Gasteiger charge is -2.13. The van der Waals surface area contributed by atoms with Crippen molar-refractivity contribution in [3.63, 3.8) is 0 Å². The summed E-state index contributed by atoms with van der Waals surface area (Å²) in [5, 5.41) is 0.952. The highest BCUT2D eigenvalue weighted by atomic mass is 19.3. The highest BCUT2D eigenvalue weighted by Crippen LogP contribution is 2.37. The van der Waals surface area contributed by atoms with Gasteiger partial charge in [-0.15, -0.1) is 0 Å². The molecular formula is C30H25F7O. The summed E-state index contributed by atoms with van der Waals surface area (Å²) in [5.41, 5.74) is -0.440. The lowest BCUT2D eigenvalue weighted by Crippen LogP contribution is -2.06. The molecule has 4 rings (SSSR count). The topological polar surface area (TPSA) is 9.23 Å². The molecule has 0 fully saturated rings. The van der Waals surface area contributed by atoms with Crippen molar-refractivity contribution in [3.8, 4) is 28.0 Å². The van der Waals surface area contributed by atoms with E-state index >= 15 is 4.39 Å². The van der Waals surface area contributed by atoms with Crippen molar-refractivity contribution in [1.29, 1.82) is 0 Å². The summed E-state index contributed by atoms with van der Waals surface area (Å²) in [4.78, 5) is 0. The molecule has 0 aliphatic rings. The maximum atomic E-state index is 15.4. The van der Waals surface area contributed by atoms with Gasteiger partial charge in [0, 0.05) is 10.9 Å². The van der Waals surface area contributed by atoms with Crippen LogP contribution in [-0.2, 0) is 6.42 Å². The van der Waals surface area contributed by atoms with Gasteiger partial charge in [0.2, 0.25) is 0 Å². The van der Waals surface area contributed by atoms with Crippen LogP contribution >= 0.6 is 0 Å². The third-order valence-corrected chi connectivity index (χ3v) is 6.43. The number of rotatable bonds is 10. The molecule has 0 aliphatic heterocycles. The van der Waals surface area contributed by atoms with Gasteiger partial charge in [0.1, 0.15) is 17.5 Å². The molecule has 1 nitrogen and oxygen atoms in total. The van der Waals surface area contributed by atoms with Gasteiger partial charge < -0.3 is 4.74 Å². The molecule has 4 aromatic rings. The first-order chi connectivity index (χ1) is 18.2. The Morgan fingerprint density at radius 2 is 1.32 bits per heavy atom. The molecule has 0 amide bonds. The minimum Gasteiger partial charge on any atom is -0.429 e. The average Bonchev–Trinajstić information content (AvgIpc) is 2.86. The summed E-state index contributed by atoms with van der Waals surface area (Å²) in [6, 6.07) is 11.2. The van der Waals surface area contributed by atoms with Crippen LogP contribution in [0.4, 0.5) is 30.7 Å². The molecule has 8 heteroatoms. The number of aryl methyl sites for hydroxylation is 1. The van der Waals surface area contributed by atoms with E-state index in [4.69, 9.17) is 0 Å². The first-order valence-corrected chi connectivity index (χ1v) is 12.3. The molecule has 200 valence electrons. The Morgan fingerprint density at radius 1 is 0.684 bits per heavy atom. The molecule has 38 heavy (non-hydrogen) atoms. The Bertz CT molecular complexity index is 1400. The number of ether oxygens (including phenoxy) is 1. The van der Waals surface area contributed by atoms with Crippen LogP contribution in [0.1, 0.15) is 44.6 Å². The summed E-state index contributed by atoms with van der Waals surface area (Å²) >= 11 is 0. The van der Waals surface area contributed by atoms with Gasteiger partial charge in [-0.05, 0) is 59.2 Å². The lowest BCUT2D eigenvalue weighted by molar-refractivity contribution is -0.0546. The number of hydrogen-bond donors (Lipinski definition) is 0. The Hall–Kier alpha value is -3.55. The van der Waals surface area contributed by atoms with Gasteiger partial charge in [-0.25, -0.2) is 22.0 Å². The fourth-order valence-corrected chi connectivity index (χ4v) is 4.56. The Kier molecular flexibility index (Phi) is 8.59. The minimum absolute atomic E-state index is 0.0489. The van der Waals surface area contributed by atoms with Gasteiger partial charge >= 0.3 is 6.61 Å². The monoisotopic (exact) mass is 534 g/mol. The first-order valence-electron chi connectivity index (χ1n) is 12.3. The van der Waals surface area contributed by atoms with Crippen LogP contribution in [0.15, 0.2) is 54.6 Å². The standard InChI is InChI=1S/C30H25F7O/c1-2-3-4-5-6-7-17-8-10-21-18(12-17)9-11-22(28(21)35)19-13-23(31)27(24(32)14-19)20-15-25(33)29(26(34)16-20)38-30(36)37/h8-16,30H,2-7H2,1H3. The van der Waals surface area contributed by atoms with E-state index in [1.54, 1.807) is 12.1 Å². The Balaban J connectivity index is 1.63. The normalized spacial score (nSPS) is 11.5. The largest absolute Gasteiger partial charge is 0.429 e. The van der Waals surface area contributed by atoms with Gasteiger partial charge in [0.25, 0.3) is 0 Å². The van der Waals surface area contributed by atoms with E-state index in [1.807, 2.05) is 12.1 Å². The quantitative estimate of drug-likeness (QED) is 0.145. The summed E-state index contributed by atoms with van der Waals surface area (Å²) in [6.07, 6.45) is 6.57. The number of fused-ring (bicyclic) bond motifs is 1. The lowest BCUT2D eigenvalue weighted by atomic mass is 9.95. The van der Waals surface area contributed by atoms with Crippen LogP contribution in [0, 0.1) is 29.1 Å². The maximum Gasteiger partial charge on any atom is 0.387 e. The molecule has 0 radical (unpaired) electrons. The third kappa shape index (κ3) is 5.95. The summed E-state index contributed by atoms with van der Waals surface area (Å²) in [5.74, 6) is -7.54. The average molecular weight is 535 g/mol. The minimum atomic E-state index is -3.49. The van der Waals surface area contributed by atoms with Crippen molar-refractivity contribution in [2.24, 2.45) is 0 Å². The predicted octanol–water partition coefficient (Wildman–Crippen LogP) is 9.98. The molecule has 0 aliphatic carbocycles. The maximum absolute atomic E-state index is 15.4. The van der Waals surface area contributed by atoms with E-state index < -0.39 is 52.6 Å². The van der Waals surface area contributed by atoms with Crippen molar-refractivity contribution in [3.05, 3.63) is 89.2 Å². The number of hydrogen-bond acceptors (Lipinski definition) is 1. The number of benzene rings is 4. The molecular weight excluding hydrogens is 509 g/mol. The van der Waals surface area contributed by atoms with E-state index in [1.165, 1.54) is 18.9 Å². The van der Waals surface area contributed by atoms with E-state index in [9.17, 15) is 26.3 Å². The van der Waals surface area contributed by atoms with Crippen LogP contribution < -0.4 is 4.74 Å². The molecule has 0 aromatic heterocycles. The molecule has 0 unspecified atom stereocenters. The van der Waals surface area contributed by atoms with Crippen LogP contribution in [0.5, 0.6) is 5.75 Å². The molecule has 0 spiro atoms. The van der Waals surface area contributed by atoms with Gasteiger partial charge in [-0.3, -0.25) is 0 Å². The van der Waals surface area contributed by atoms with Crippen molar-refractivity contribution >= 4 is 10.8 Å². The fraction of sp³-hybridized carbons (Fsp3) is 0.267. The fourth-order valence-electron chi connectivity index (χ4n) is 4.56. The summed E-state index contributed by atoms with van der Waals surface area (Å²) in [6.45, 7) is -1.34. The van der Waals surface area contributed by atoms with Crippen LogP contribution in [0.3, 0.4) is 0 Å². The van der Waals surface area contributed by atoms with Crippen molar-refractivity contribution in [2.75, 3.05) is 0 Å². The van der Waals surface area contributed by atoms with Gasteiger partial charge in [-0.1, -0.05) is 62.9 Å². The van der Waals surface area contributed by atoms with Crippen molar-refractivity contribution in [1.82, 2.24) is 0 Å². The van der Waals surface area contributed by atoms with Gasteiger partial charge in [0.15, 0.2) is 17.4 Å². The zero-order chi connectivity index (χ0) is 27.4. The zero-order valence-electron chi connectivity index (χ0n) is 20.6. The highest BCUT2D eigenvalue weighted by Gasteiger charge is 2.22. The first kappa shape index (κ1) is 27.5. The van der Waals surface area contributed by atoms with Gasteiger partial charge in [-0.2, -0.15) is 8.78 Å². The molecule has 0 N–H and O–H groups in total. The SMILES string of the molecule is CCCCCCCc1ccc2c(F)c(-c3cc(F)c(-c4cc(F)c(OC(F)F)c(F)c4)c(F)c3)ccc2c1. The molecule has 0 saturated heterocycles.